The van der Waals surface area contributed by atoms with Gasteiger partial charge in [0.2, 0.25) is 5.88 Å². The first-order valence-corrected chi connectivity index (χ1v) is 8.11. The van der Waals surface area contributed by atoms with E-state index >= 15 is 0 Å². The Bertz CT molecular complexity index is 815. The number of hydrogen-bond donors (Lipinski definition) is 1. The minimum absolute atomic E-state index is 0.164. The molecule has 0 spiro atoms. The van der Waals surface area contributed by atoms with Crippen molar-refractivity contribution in [2.45, 2.75) is 19.4 Å². The minimum Gasteiger partial charge on any atom is -0.475 e. The van der Waals surface area contributed by atoms with Gasteiger partial charge in [-0.15, -0.1) is 11.3 Å². The first-order valence-electron chi connectivity index (χ1n) is 7.23. The van der Waals surface area contributed by atoms with Crippen LogP contribution in [0.5, 0.6) is 5.88 Å². The molecule has 0 atom stereocenters. The van der Waals surface area contributed by atoms with Crippen molar-refractivity contribution in [1.82, 2.24) is 15.3 Å². The van der Waals surface area contributed by atoms with E-state index in [4.69, 9.17) is 4.74 Å². The van der Waals surface area contributed by atoms with Crippen LogP contribution in [-0.2, 0) is 0 Å². The van der Waals surface area contributed by atoms with E-state index in [9.17, 15) is 4.79 Å². The second kappa shape index (κ2) is 6.34. The van der Waals surface area contributed by atoms with Crippen molar-refractivity contribution >= 4 is 27.5 Å². The van der Waals surface area contributed by atoms with Crippen LogP contribution in [0.1, 0.15) is 24.2 Å². The molecule has 118 valence electrons. The molecule has 0 aliphatic heterocycles. The van der Waals surface area contributed by atoms with Gasteiger partial charge in [-0.3, -0.25) is 9.78 Å². The third-order valence-electron chi connectivity index (χ3n) is 3.24. The van der Waals surface area contributed by atoms with Crippen molar-refractivity contribution in [1.29, 1.82) is 0 Å². The van der Waals surface area contributed by atoms with Gasteiger partial charge in [0.1, 0.15) is 6.61 Å². The minimum atomic E-state index is -0.529. The van der Waals surface area contributed by atoms with Crippen molar-refractivity contribution in [3.8, 4) is 5.88 Å². The fourth-order valence-electron chi connectivity index (χ4n) is 2.07. The number of fused-ring (bicyclic) bond motifs is 1. The Kier molecular flexibility index (Phi) is 4.25. The highest BCUT2D eigenvalue weighted by molar-refractivity contribution is 7.17. The van der Waals surface area contributed by atoms with Crippen LogP contribution in [0.4, 0.5) is 0 Å². The molecule has 0 aliphatic rings. The molecule has 1 amide bonds. The summed E-state index contributed by atoms with van der Waals surface area (Å²) in [6, 6.07) is 9.26. The number of rotatable bonds is 5. The van der Waals surface area contributed by atoms with Crippen molar-refractivity contribution in [3.05, 3.63) is 53.7 Å². The number of aromatic nitrogens is 2. The molecule has 0 unspecified atom stereocenters. The number of thiophene rings is 1. The lowest BCUT2D eigenvalue weighted by atomic mass is 10.1. The van der Waals surface area contributed by atoms with Gasteiger partial charge >= 0.3 is 0 Å². The zero-order valence-electron chi connectivity index (χ0n) is 12.9. The number of nitrogens with one attached hydrogen (secondary N) is 1. The molecule has 3 aromatic rings. The second-order valence-electron chi connectivity index (χ2n) is 5.82. The highest BCUT2D eigenvalue weighted by atomic mass is 32.1. The van der Waals surface area contributed by atoms with Gasteiger partial charge < -0.3 is 10.1 Å². The van der Waals surface area contributed by atoms with Crippen molar-refractivity contribution in [2.24, 2.45) is 0 Å². The molecule has 3 rings (SSSR count). The van der Waals surface area contributed by atoms with Crippen molar-refractivity contribution in [2.75, 3.05) is 6.61 Å². The smallest absolute Gasteiger partial charge is 0.253 e. The number of pyridine rings is 2. The Morgan fingerprint density at radius 3 is 2.96 bits per heavy atom. The zero-order chi connectivity index (χ0) is 16.3. The predicted octanol–water partition coefficient (Wildman–Crippen LogP) is 3.28. The molecular formula is C17H17N3O2S. The lowest BCUT2D eigenvalue weighted by Crippen LogP contribution is -2.47. The first kappa shape index (κ1) is 15.4. The molecule has 0 fully saturated rings. The molecule has 0 saturated carbocycles. The average Bonchev–Trinajstić information content (AvgIpc) is 3.01. The Labute approximate surface area is 138 Å². The quantitative estimate of drug-likeness (QED) is 0.781. The van der Waals surface area contributed by atoms with Gasteiger partial charge in [0.15, 0.2) is 0 Å². The summed E-state index contributed by atoms with van der Waals surface area (Å²) in [5.74, 6) is 0.374. The van der Waals surface area contributed by atoms with E-state index < -0.39 is 5.54 Å². The average molecular weight is 327 g/mol. The Morgan fingerprint density at radius 2 is 2.17 bits per heavy atom. The SMILES string of the molecule is CC(C)(COc1ccccn1)NC(=O)c1cnc2ccsc2c1. The summed E-state index contributed by atoms with van der Waals surface area (Å²) < 4.78 is 6.63. The van der Waals surface area contributed by atoms with Gasteiger partial charge in [-0.05, 0) is 37.4 Å². The first-order chi connectivity index (χ1) is 11.0. The van der Waals surface area contributed by atoms with E-state index in [2.05, 4.69) is 15.3 Å². The van der Waals surface area contributed by atoms with Crippen LogP contribution in [-0.4, -0.2) is 28.0 Å². The molecule has 0 saturated heterocycles. The molecule has 5 nitrogen and oxygen atoms in total. The predicted molar refractivity (Wildman–Crippen MR) is 90.9 cm³/mol. The zero-order valence-corrected chi connectivity index (χ0v) is 13.8. The molecule has 0 aromatic carbocycles. The van der Waals surface area contributed by atoms with Gasteiger partial charge in [0.25, 0.3) is 5.91 Å². The summed E-state index contributed by atoms with van der Waals surface area (Å²) in [7, 11) is 0. The highest BCUT2D eigenvalue weighted by Gasteiger charge is 2.23. The van der Waals surface area contributed by atoms with Crippen LogP contribution in [0.2, 0.25) is 0 Å². The van der Waals surface area contributed by atoms with E-state index in [1.165, 1.54) is 0 Å². The van der Waals surface area contributed by atoms with Gasteiger partial charge in [-0.25, -0.2) is 4.98 Å². The molecule has 1 N–H and O–H groups in total. The number of nitrogens with zero attached hydrogens (tertiary/aromatic N) is 2. The van der Waals surface area contributed by atoms with Crippen LogP contribution in [0, 0.1) is 0 Å². The number of hydrogen-bond acceptors (Lipinski definition) is 5. The summed E-state index contributed by atoms with van der Waals surface area (Å²) in [6.45, 7) is 4.14. The summed E-state index contributed by atoms with van der Waals surface area (Å²) in [6.07, 6.45) is 3.27. The molecular weight excluding hydrogens is 310 g/mol. The number of carbonyl (C=O) groups excluding carboxylic acids is 1. The van der Waals surface area contributed by atoms with E-state index in [0.29, 0.717) is 18.1 Å². The summed E-state index contributed by atoms with van der Waals surface area (Å²) in [4.78, 5) is 20.8. The van der Waals surface area contributed by atoms with E-state index in [-0.39, 0.29) is 5.91 Å². The molecule has 3 aromatic heterocycles. The Morgan fingerprint density at radius 1 is 1.30 bits per heavy atom. The van der Waals surface area contributed by atoms with Gasteiger partial charge in [-0.2, -0.15) is 0 Å². The fraction of sp³-hybridized carbons (Fsp3) is 0.235. The standard InChI is InChI=1S/C17H17N3O2S/c1-17(2,11-22-15-5-3-4-7-18-15)20-16(21)12-9-14-13(19-10-12)6-8-23-14/h3-10H,11H2,1-2H3,(H,20,21). The number of amides is 1. The van der Waals surface area contributed by atoms with E-state index in [1.54, 1.807) is 29.8 Å². The van der Waals surface area contributed by atoms with E-state index in [0.717, 1.165) is 10.2 Å². The topological polar surface area (TPSA) is 64.1 Å². The van der Waals surface area contributed by atoms with Gasteiger partial charge in [0, 0.05) is 18.5 Å². The van der Waals surface area contributed by atoms with Crippen LogP contribution in [0.3, 0.4) is 0 Å². The van der Waals surface area contributed by atoms with Gasteiger partial charge in [-0.1, -0.05) is 6.07 Å². The summed E-state index contributed by atoms with van der Waals surface area (Å²) >= 11 is 1.57. The van der Waals surface area contributed by atoms with Crippen molar-refractivity contribution in [3.63, 3.8) is 0 Å². The normalized spacial score (nSPS) is 11.4. The number of ether oxygens (including phenoxy) is 1. The maximum absolute atomic E-state index is 12.4. The fourth-order valence-corrected chi connectivity index (χ4v) is 2.85. The monoisotopic (exact) mass is 327 g/mol. The lowest BCUT2D eigenvalue weighted by molar-refractivity contribution is 0.0878. The van der Waals surface area contributed by atoms with Crippen molar-refractivity contribution < 1.29 is 9.53 Å². The molecule has 0 radical (unpaired) electrons. The maximum Gasteiger partial charge on any atom is 0.253 e. The Balaban J connectivity index is 1.65. The molecule has 3 heterocycles. The number of carbonyl (C=O) groups is 1. The lowest BCUT2D eigenvalue weighted by Gasteiger charge is -2.26. The molecule has 6 heteroatoms. The highest BCUT2D eigenvalue weighted by Crippen LogP contribution is 2.20. The van der Waals surface area contributed by atoms with Crippen LogP contribution >= 0.6 is 11.3 Å². The van der Waals surface area contributed by atoms with E-state index in [1.807, 2.05) is 43.5 Å². The van der Waals surface area contributed by atoms with Crippen LogP contribution in [0.25, 0.3) is 10.2 Å². The third kappa shape index (κ3) is 3.84. The Hall–Kier alpha value is -2.47. The summed E-state index contributed by atoms with van der Waals surface area (Å²) in [5.41, 5.74) is 0.925. The third-order valence-corrected chi connectivity index (χ3v) is 4.09. The second-order valence-corrected chi connectivity index (χ2v) is 6.77. The maximum atomic E-state index is 12.4. The van der Waals surface area contributed by atoms with Gasteiger partial charge in [0.05, 0.1) is 21.3 Å². The molecule has 23 heavy (non-hydrogen) atoms. The van der Waals surface area contributed by atoms with Crippen LogP contribution in [0.15, 0.2) is 48.1 Å². The molecule has 0 bridgehead atoms. The summed E-state index contributed by atoms with van der Waals surface area (Å²) in [5, 5.41) is 4.93. The largest absolute Gasteiger partial charge is 0.475 e. The van der Waals surface area contributed by atoms with Crippen LogP contribution < -0.4 is 10.1 Å². The molecule has 0 aliphatic carbocycles.